The van der Waals surface area contributed by atoms with Crippen LogP contribution in [0.15, 0.2) is 0 Å². The van der Waals surface area contributed by atoms with Crippen LogP contribution in [0.25, 0.3) is 0 Å². The molecule has 15 heavy (non-hydrogen) atoms. The monoisotopic (exact) mass is 237 g/mol. The van der Waals surface area contributed by atoms with Gasteiger partial charge in [-0.2, -0.15) is 0 Å². The summed E-state index contributed by atoms with van der Waals surface area (Å²) in [6.07, 6.45) is 1.38. The highest BCUT2D eigenvalue weighted by molar-refractivity contribution is 7.88. The molecule has 0 aliphatic carbocycles. The molecule has 0 spiro atoms. The van der Waals surface area contributed by atoms with E-state index in [0.29, 0.717) is 6.42 Å². The zero-order valence-electron chi connectivity index (χ0n) is 9.66. The van der Waals surface area contributed by atoms with E-state index in [-0.39, 0.29) is 24.5 Å². The number of ether oxygens (including phenoxy) is 1. The van der Waals surface area contributed by atoms with Crippen LogP contribution in [-0.4, -0.2) is 33.8 Å². The van der Waals surface area contributed by atoms with E-state index in [0.717, 1.165) is 6.26 Å². The van der Waals surface area contributed by atoms with Crippen molar-refractivity contribution < 1.29 is 17.9 Å². The van der Waals surface area contributed by atoms with Crippen molar-refractivity contribution in [3.63, 3.8) is 0 Å². The van der Waals surface area contributed by atoms with Crippen molar-refractivity contribution in [3.8, 4) is 0 Å². The summed E-state index contributed by atoms with van der Waals surface area (Å²) in [7, 11) is -3.20. The van der Waals surface area contributed by atoms with Crippen molar-refractivity contribution in [2.75, 3.05) is 19.4 Å². The second-order valence-electron chi connectivity index (χ2n) is 4.62. The molecule has 0 fully saturated rings. The molecule has 0 heterocycles. The van der Waals surface area contributed by atoms with Crippen LogP contribution in [0.5, 0.6) is 0 Å². The molecule has 0 atom stereocenters. The van der Waals surface area contributed by atoms with E-state index in [1.165, 1.54) is 0 Å². The van der Waals surface area contributed by atoms with Gasteiger partial charge in [0.05, 0.1) is 12.7 Å². The Morgan fingerprint density at radius 2 is 1.87 bits per heavy atom. The minimum Gasteiger partial charge on any atom is -0.464 e. The summed E-state index contributed by atoms with van der Waals surface area (Å²) < 4.78 is 28.4. The number of hydrogen-bond donors (Lipinski definition) is 1. The minimum atomic E-state index is -3.20. The first-order valence-corrected chi connectivity index (χ1v) is 6.59. The number of hydrogen-bond acceptors (Lipinski definition) is 4. The van der Waals surface area contributed by atoms with E-state index < -0.39 is 10.0 Å². The molecule has 0 aromatic heterocycles. The van der Waals surface area contributed by atoms with Gasteiger partial charge in [-0.3, -0.25) is 4.79 Å². The smallest absolute Gasteiger partial charge is 0.306 e. The average Bonchev–Trinajstić information content (AvgIpc) is 1.92. The molecule has 1 N–H and O–H groups in total. The molecule has 0 aromatic carbocycles. The van der Waals surface area contributed by atoms with Crippen LogP contribution >= 0.6 is 0 Å². The highest BCUT2D eigenvalue weighted by Gasteiger charge is 2.16. The zero-order chi connectivity index (χ0) is 12.1. The molecule has 0 unspecified atom stereocenters. The first-order valence-electron chi connectivity index (χ1n) is 4.70. The summed E-state index contributed by atoms with van der Waals surface area (Å²) in [6, 6.07) is 0. The molecule has 6 heteroatoms. The largest absolute Gasteiger partial charge is 0.464 e. The molecule has 90 valence electrons. The van der Waals surface area contributed by atoms with Gasteiger partial charge >= 0.3 is 5.97 Å². The molecule has 0 radical (unpaired) electrons. The molecule has 0 aromatic rings. The normalized spacial score (nSPS) is 12.5. The second kappa shape index (κ2) is 5.46. The molecule has 0 aliphatic heterocycles. The average molecular weight is 237 g/mol. The Morgan fingerprint density at radius 3 is 2.27 bits per heavy atom. The predicted octanol–water partition coefficient (Wildman–Crippen LogP) is 0.515. The first kappa shape index (κ1) is 14.4. The fraction of sp³-hybridized carbons (Fsp3) is 0.889. The predicted molar refractivity (Wildman–Crippen MR) is 57.9 cm³/mol. The lowest BCUT2D eigenvalue weighted by Gasteiger charge is -2.16. The van der Waals surface area contributed by atoms with Crippen LogP contribution in [0.3, 0.4) is 0 Å². The molecule has 0 saturated heterocycles. The number of sulfonamides is 1. The lowest BCUT2D eigenvalue weighted by atomic mass is 9.93. The van der Waals surface area contributed by atoms with E-state index in [4.69, 9.17) is 4.74 Å². The van der Waals surface area contributed by atoms with Gasteiger partial charge in [0.2, 0.25) is 10.0 Å². The zero-order valence-corrected chi connectivity index (χ0v) is 10.5. The second-order valence-corrected chi connectivity index (χ2v) is 6.46. The summed E-state index contributed by atoms with van der Waals surface area (Å²) in [6.45, 7) is 5.99. The van der Waals surface area contributed by atoms with Crippen molar-refractivity contribution in [1.82, 2.24) is 4.72 Å². The van der Waals surface area contributed by atoms with Crippen molar-refractivity contribution in [2.45, 2.75) is 27.2 Å². The van der Waals surface area contributed by atoms with Gasteiger partial charge in [-0.25, -0.2) is 13.1 Å². The van der Waals surface area contributed by atoms with Crippen molar-refractivity contribution >= 4 is 16.0 Å². The van der Waals surface area contributed by atoms with Crippen molar-refractivity contribution in [3.05, 3.63) is 0 Å². The topological polar surface area (TPSA) is 72.5 Å². The third-order valence-electron chi connectivity index (χ3n) is 1.40. The highest BCUT2D eigenvalue weighted by atomic mass is 32.2. The fourth-order valence-corrected chi connectivity index (χ4v) is 1.33. The lowest BCUT2D eigenvalue weighted by molar-refractivity contribution is -0.145. The maximum Gasteiger partial charge on any atom is 0.306 e. The maximum atomic E-state index is 11.2. The minimum absolute atomic E-state index is 0.0714. The van der Waals surface area contributed by atoms with Crippen LogP contribution < -0.4 is 4.72 Å². The molecule has 5 nitrogen and oxygen atoms in total. The number of rotatable bonds is 5. The number of esters is 1. The van der Waals surface area contributed by atoms with Crippen LogP contribution in [0.4, 0.5) is 0 Å². The fourth-order valence-electron chi connectivity index (χ4n) is 0.876. The first-order chi connectivity index (χ1) is 6.60. The maximum absolute atomic E-state index is 11.2. The van der Waals surface area contributed by atoms with Crippen LogP contribution in [0, 0.1) is 5.41 Å². The van der Waals surface area contributed by atoms with Gasteiger partial charge in [0.15, 0.2) is 0 Å². The van der Waals surface area contributed by atoms with Gasteiger partial charge in [-0.1, -0.05) is 20.8 Å². The Labute approximate surface area is 91.2 Å². The van der Waals surface area contributed by atoms with Crippen molar-refractivity contribution in [1.29, 1.82) is 0 Å². The highest BCUT2D eigenvalue weighted by Crippen LogP contribution is 2.18. The molecule has 0 rings (SSSR count). The van der Waals surface area contributed by atoms with Crippen LogP contribution in [0.1, 0.15) is 27.2 Å². The number of carbonyl (C=O) groups excluding carboxylic acids is 1. The van der Waals surface area contributed by atoms with Crippen LogP contribution in [-0.2, 0) is 19.6 Å². The van der Waals surface area contributed by atoms with Crippen molar-refractivity contribution in [2.24, 2.45) is 5.41 Å². The third kappa shape index (κ3) is 11.3. The molecule has 0 saturated carbocycles. The van der Waals surface area contributed by atoms with Gasteiger partial charge < -0.3 is 4.74 Å². The Balaban J connectivity index is 3.66. The lowest BCUT2D eigenvalue weighted by Crippen LogP contribution is -2.27. The van der Waals surface area contributed by atoms with E-state index >= 15 is 0 Å². The van der Waals surface area contributed by atoms with Gasteiger partial charge in [0.25, 0.3) is 0 Å². The molecule has 0 aliphatic rings. The van der Waals surface area contributed by atoms with E-state index in [2.05, 4.69) is 4.72 Å². The summed E-state index contributed by atoms with van der Waals surface area (Å²) in [5, 5.41) is 0. The summed E-state index contributed by atoms with van der Waals surface area (Å²) in [5.41, 5.74) is -0.110. The standard InChI is InChI=1S/C9H19NO4S/c1-9(2,3)7-8(11)14-6-5-10-15(4,12)13/h10H,5-7H2,1-4H3. The summed E-state index contributed by atoms with van der Waals surface area (Å²) in [4.78, 5) is 11.2. The van der Waals surface area contributed by atoms with Gasteiger partial charge in [-0.05, 0) is 5.41 Å². The van der Waals surface area contributed by atoms with Gasteiger partial charge in [0, 0.05) is 6.54 Å². The molecule has 0 amide bonds. The van der Waals surface area contributed by atoms with Crippen LogP contribution in [0.2, 0.25) is 0 Å². The Hall–Kier alpha value is -0.620. The number of carbonyl (C=O) groups is 1. The van der Waals surface area contributed by atoms with E-state index in [1.807, 2.05) is 20.8 Å². The Morgan fingerprint density at radius 1 is 1.33 bits per heavy atom. The van der Waals surface area contributed by atoms with Gasteiger partial charge in [0.1, 0.15) is 6.61 Å². The van der Waals surface area contributed by atoms with E-state index in [9.17, 15) is 13.2 Å². The SMILES string of the molecule is CC(C)(C)CC(=O)OCCNS(C)(=O)=O. The molecular formula is C9H19NO4S. The molecule has 0 bridgehead atoms. The Kier molecular flexibility index (Phi) is 5.23. The third-order valence-corrected chi connectivity index (χ3v) is 2.13. The van der Waals surface area contributed by atoms with Gasteiger partial charge in [-0.15, -0.1) is 0 Å². The summed E-state index contributed by atoms with van der Waals surface area (Å²) >= 11 is 0. The summed E-state index contributed by atoms with van der Waals surface area (Å²) in [5.74, 6) is -0.308. The molecular weight excluding hydrogens is 218 g/mol. The van der Waals surface area contributed by atoms with E-state index in [1.54, 1.807) is 0 Å². The number of nitrogens with one attached hydrogen (secondary N) is 1. The Bertz CT molecular complexity index is 303. The quantitative estimate of drug-likeness (QED) is 0.559.